The number of ether oxygens (including phenoxy) is 2. The Morgan fingerprint density at radius 3 is 2.69 bits per heavy atom. The summed E-state index contributed by atoms with van der Waals surface area (Å²) in [7, 11) is -3.47. The molecule has 4 rings (SSSR count). The van der Waals surface area contributed by atoms with E-state index in [1.165, 1.54) is 6.20 Å². The second-order valence-corrected chi connectivity index (χ2v) is 10.7. The molecule has 0 radical (unpaired) electrons. The number of nitrogens with zero attached hydrogens (tertiary/aromatic N) is 4. The summed E-state index contributed by atoms with van der Waals surface area (Å²) in [6.45, 7) is 4.65. The number of hydrogen-bond acceptors (Lipinski definition) is 7. The van der Waals surface area contributed by atoms with Gasteiger partial charge in [0.25, 0.3) is 0 Å². The van der Waals surface area contributed by atoms with Crippen molar-refractivity contribution in [3.8, 4) is 23.3 Å². The Kier molecular flexibility index (Phi) is 7.33. The minimum atomic E-state index is -3.47. The van der Waals surface area contributed by atoms with Crippen LogP contribution in [0.1, 0.15) is 25.1 Å². The minimum absolute atomic E-state index is 0.0119. The number of benzene rings is 2. The Labute approximate surface area is 214 Å². The molecule has 36 heavy (non-hydrogen) atoms. The van der Waals surface area contributed by atoms with Crippen LogP contribution in [0, 0.1) is 17.2 Å². The Morgan fingerprint density at radius 2 is 1.97 bits per heavy atom. The zero-order chi connectivity index (χ0) is 25.9. The van der Waals surface area contributed by atoms with Gasteiger partial charge in [-0.1, -0.05) is 25.4 Å². The highest BCUT2D eigenvalue weighted by Crippen LogP contribution is 2.34. The van der Waals surface area contributed by atoms with Gasteiger partial charge in [0.2, 0.25) is 16.0 Å². The first-order valence-corrected chi connectivity index (χ1v) is 13.3. The molecule has 0 atom stereocenters. The van der Waals surface area contributed by atoms with Crippen molar-refractivity contribution in [3.05, 3.63) is 71.1 Å². The number of nitriles is 1. The van der Waals surface area contributed by atoms with Gasteiger partial charge in [-0.2, -0.15) is 5.26 Å². The lowest BCUT2D eigenvalue weighted by atomic mass is 10.1. The summed E-state index contributed by atoms with van der Waals surface area (Å²) < 4.78 is 38.6. The maximum atomic E-state index is 11.4. The van der Waals surface area contributed by atoms with Gasteiger partial charge in [-0.15, -0.1) is 0 Å². The predicted octanol–water partition coefficient (Wildman–Crippen LogP) is 4.93. The molecule has 9 nitrogen and oxygen atoms in total. The first-order chi connectivity index (χ1) is 17.1. The molecule has 0 saturated carbocycles. The lowest BCUT2D eigenvalue weighted by Crippen LogP contribution is -2.13. The fourth-order valence-corrected chi connectivity index (χ4v) is 4.18. The first kappa shape index (κ1) is 25.3. The van der Waals surface area contributed by atoms with E-state index in [2.05, 4.69) is 20.8 Å². The Morgan fingerprint density at radius 1 is 1.17 bits per heavy atom. The molecule has 2 heterocycles. The molecule has 0 aliphatic carbocycles. The van der Waals surface area contributed by atoms with Crippen LogP contribution in [-0.2, 0) is 16.6 Å². The van der Waals surface area contributed by atoms with Crippen LogP contribution in [0.2, 0.25) is 5.02 Å². The first-order valence-electron chi connectivity index (χ1n) is 11.0. The monoisotopic (exact) mass is 525 g/mol. The topological polar surface area (TPSA) is 119 Å². The van der Waals surface area contributed by atoms with Crippen molar-refractivity contribution in [1.29, 1.82) is 5.26 Å². The van der Waals surface area contributed by atoms with E-state index >= 15 is 0 Å². The summed E-state index contributed by atoms with van der Waals surface area (Å²) in [6, 6.07) is 14.9. The highest BCUT2D eigenvalue weighted by Gasteiger charge is 2.14. The van der Waals surface area contributed by atoms with Crippen molar-refractivity contribution >= 4 is 38.5 Å². The molecule has 1 N–H and O–H groups in total. The maximum Gasteiger partial charge on any atom is 0.236 e. The quantitative estimate of drug-likeness (QED) is 0.329. The molecule has 0 spiro atoms. The number of sulfonamides is 1. The van der Waals surface area contributed by atoms with Crippen molar-refractivity contribution in [3.63, 3.8) is 0 Å². The van der Waals surface area contributed by atoms with Crippen molar-refractivity contribution in [2.75, 3.05) is 17.6 Å². The third kappa shape index (κ3) is 6.05. The Hall–Kier alpha value is -3.81. The molecule has 0 unspecified atom stereocenters. The summed E-state index contributed by atoms with van der Waals surface area (Å²) >= 11 is 6.48. The second-order valence-electron chi connectivity index (χ2n) is 8.56. The van der Waals surface area contributed by atoms with E-state index in [0.29, 0.717) is 40.3 Å². The van der Waals surface area contributed by atoms with E-state index in [9.17, 15) is 13.7 Å². The van der Waals surface area contributed by atoms with Gasteiger partial charge in [0, 0.05) is 23.5 Å². The van der Waals surface area contributed by atoms with Gasteiger partial charge >= 0.3 is 0 Å². The molecule has 2 aromatic carbocycles. The van der Waals surface area contributed by atoms with E-state index in [0.717, 1.165) is 22.8 Å². The van der Waals surface area contributed by atoms with E-state index in [-0.39, 0.29) is 12.6 Å². The van der Waals surface area contributed by atoms with Crippen LogP contribution >= 0.6 is 11.6 Å². The van der Waals surface area contributed by atoms with Crippen LogP contribution in [0.15, 0.2) is 54.9 Å². The Balaban J connectivity index is 1.55. The summed E-state index contributed by atoms with van der Waals surface area (Å²) in [6.07, 6.45) is 4.39. The van der Waals surface area contributed by atoms with Gasteiger partial charge in [-0.05, 0) is 48.4 Å². The second kappa shape index (κ2) is 10.4. The van der Waals surface area contributed by atoms with Gasteiger partial charge in [0.05, 0.1) is 34.7 Å². The maximum absolute atomic E-state index is 11.4. The zero-order valence-electron chi connectivity index (χ0n) is 19.9. The average Bonchev–Trinajstić information content (AvgIpc) is 3.24. The Bertz CT molecular complexity index is 1560. The zero-order valence-corrected chi connectivity index (χ0v) is 21.5. The average molecular weight is 526 g/mol. The molecule has 0 amide bonds. The fraction of sp³-hybridized carbons (Fsp3) is 0.240. The van der Waals surface area contributed by atoms with Crippen LogP contribution in [0.25, 0.3) is 16.6 Å². The summed E-state index contributed by atoms with van der Waals surface area (Å²) in [5, 5.41) is 10.9. The third-order valence-corrected chi connectivity index (χ3v) is 5.86. The van der Waals surface area contributed by atoms with Crippen molar-refractivity contribution < 1.29 is 17.9 Å². The highest BCUT2D eigenvalue weighted by molar-refractivity contribution is 7.91. The van der Waals surface area contributed by atoms with Crippen LogP contribution in [0.5, 0.6) is 11.5 Å². The number of fused-ring (bicyclic) bond motifs is 1. The van der Waals surface area contributed by atoms with Crippen molar-refractivity contribution in [2.45, 2.75) is 20.5 Å². The molecule has 2 aromatic heterocycles. The molecule has 0 bridgehead atoms. The molecular weight excluding hydrogens is 502 g/mol. The SMILES string of the molecule is CC(C)COc1c(Cl)cc(-n2ccc3cc(OCc4ccnc(NS(C)(=O)=O)n4)ccc32)cc1C#N. The number of rotatable bonds is 9. The van der Waals surface area contributed by atoms with E-state index in [1.54, 1.807) is 18.2 Å². The summed E-state index contributed by atoms with van der Waals surface area (Å²) in [5.74, 6) is 1.30. The molecule has 0 aliphatic heterocycles. The van der Waals surface area contributed by atoms with E-state index in [4.69, 9.17) is 21.1 Å². The van der Waals surface area contributed by atoms with Crippen LogP contribution < -0.4 is 14.2 Å². The molecule has 0 fully saturated rings. The number of aromatic nitrogens is 3. The van der Waals surface area contributed by atoms with Gasteiger partial charge < -0.3 is 14.0 Å². The van der Waals surface area contributed by atoms with E-state index in [1.807, 2.05) is 48.9 Å². The molecule has 11 heteroatoms. The molecule has 0 aliphatic rings. The van der Waals surface area contributed by atoms with Gasteiger partial charge in [-0.3, -0.25) is 4.72 Å². The molecule has 186 valence electrons. The van der Waals surface area contributed by atoms with Crippen molar-refractivity contribution in [2.24, 2.45) is 5.92 Å². The van der Waals surface area contributed by atoms with Crippen LogP contribution in [0.4, 0.5) is 5.95 Å². The molecule has 4 aromatic rings. The highest BCUT2D eigenvalue weighted by atomic mass is 35.5. The molecule has 0 saturated heterocycles. The third-order valence-electron chi connectivity index (χ3n) is 5.03. The lowest BCUT2D eigenvalue weighted by molar-refractivity contribution is 0.270. The predicted molar refractivity (Wildman–Crippen MR) is 138 cm³/mol. The number of nitrogens with one attached hydrogen (secondary N) is 1. The van der Waals surface area contributed by atoms with Crippen LogP contribution in [0.3, 0.4) is 0 Å². The van der Waals surface area contributed by atoms with Crippen LogP contribution in [-0.4, -0.2) is 35.8 Å². The lowest BCUT2D eigenvalue weighted by Gasteiger charge is -2.14. The number of halogens is 1. The fourth-order valence-electron chi connectivity index (χ4n) is 3.48. The molecular formula is C25H24ClN5O4S. The normalized spacial score (nSPS) is 11.4. The van der Waals surface area contributed by atoms with Gasteiger partial charge in [-0.25, -0.2) is 18.4 Å². The van der Waals surface area contributed by atoms with Gasteiger partial charge in [0.15, 0.2) is 5.75 Å². The largest absolute Gasteiger partial charge is 0.490 e. The summed E-state index contributed by atoms with van der Waals surface area (Å²) in [4.78, 5) is 8.05. The number of anilines is 1. The minimum Gasteiger partial charge on any atom is -0.490 e. The smallest absolute Gasteiger partial charge is 0.236 e. The number of hydrogen-bond donors (Lipinski definition) is 1. The standard InChI is InChI=1S/C25H24ClN5O4S/c1-16(2)14-35-24-18(13-27)10-20(12-22(24)26)31-9-7-17-11-21(4-5-23(17)31)34-15-19-6-8-28-25(29-19)30-36(3,32)33/h4-12,16H,14-15H2,1-3H3,(H,28,29,30). The summed E-state index contributed by atoms with van der Waals surface area (Å²) in [5.41, 5.74) is 2.53. The van der Waals surface area contributed by atoms with Gasteiger partial charge in [0.1, 0.15) is 18.4 Å². The van der Waals surface area contributed by atoms with E-state index < -0.39 is 10.0 Å². The van der Waals surface area contributed by atoms with Crippen molar-refractivity contribution in [1.82, 2.24) is 14.5 Å².